The highest BCUT2D eigenvalue weighted by molar-refractivity contribution is 9.08. The summed E-state index contributed by atoms with van der Waals surface area (Å²) in [6.45, 7) is 0. The van der Waals surface area contributed by atoms with Gasteiger partial charge in [-0.05, 0) is 27.8 Å². The lowest BCUT2D eigenvalue weighted by atomic mass is 10.0. The molecule has 0 N–H and O–H groups in total. The zero-order valence-electron chi connectivity index (χ0n) is 8.03. The Morgan fingerprint density at radius 1 is 1.07 bits per heavy atom. The molecular formula is C13H9BrS. The molecule has 1 aromatic heterocycles. The number of hydrogen-bond donors (Lipinski definition) is 0. The van der Waals surface area contributed by atoms with Gasteiger partial charge in [-0.25, -0.2) is 0 Å². The minimum absolute atomic E-state index is 0.932. The number of benzene rings is 2. The fourth-order valence-electron chi connectivity index (χ4n) is 1.97. The zero-order valence-corrected chi connectivity index (χ0v) is 10.4. The van der Waals surface area contributed by atoms with Gasteiger partial charge in [-0.15, -0.1) is 11.3 Å². The van der Waals surface area contributed by atoms with Gasteiger partial charge in [0.25, 0.3) is 0 Å². The second kappa shape index (κ2) is 3.62. The fraction of sp³-hybridized carbons (Fsp3) is 0.0769. The second-order valence-electron chi connectivity index (χ2n) is 3.55. The molecule has 0 aliphatic carbocycles. The summed E-state index contributed by atoms with van der Waals surface area (Å²) in [5.74, 6) is 0. The maximum atomic E-state index is 3.55. The largest absolute Gasteiger partial charge is 0.143 e. The summed E-state index contributed by atoms with van der Waals surface area (Å²) in [4.78, 5) is 0. The number of thiophene rings is 1. The Balaban J connectivity index is 2.56. The molecule has 0 spiro atoms. The average Bonchev–Trinajstić information content (AvgIpc) is 2.72. The van der Waals surface area contributed by atoms with Gasteiger partial charge in [0.2, 0.25) is 0 Å². The first kappa shape index (κ1) is 9.37. The second-order valence-corrected chi connectivity index (χ2v) is 5.03. The highest BCUT2D eigenvalue weighted by Crippen LogP contribution is 2.33. The summed E-state index contributed by atoms with van der Waals surface area (Å²) in [6, 6.07) is 13.0. The van der Waals surface area contributed by atoms with Crippen LogP contribution in [0.15, 0.2) is 41.8 Å². The van der Waals surface area contributed by atoms with E-state index in [0.717, 1.165) is 5.33 Å². The Morgan fingerprint density at radius 2 is 1.93 bits per heavy atom. The predicted octanol–water partition coefficient (Wildman–Crippen LogP) is 4.95. The fourth-order valence-corrected chi connectivity index (χ4v) is 3.61. The van der Waals surface area contributed by atoms with Crippen molar-refractivity contribution in [1.29, 1.82) is 0 Å². The zero-order chi connectivity index (χ0) is 10.3. The van der Waals surface area contributed by atoms with E-state index >= 15 is 0 Å². The van der Waals surface area contributed by atoms with E-state index in [4.69, 9.17) is 0 Å². The molecule has 0 radical (unpaired) electrons. The minimum atomic E-state index is 0.932. The van der Waals surface area contributed by atoms with Crippen LogP contribution in [0.4, 0.5) is 0 Å². The Kier molecular flexibility index (Phi) is 2.26. The Morgan fingerprint density at radius 3 is 2.80 bits per heavy atom. The van der Waals surface area contributed by atoms with Crippen LogP contribution in [0.3, 0.4) is 0 Å². The summed E-state index contributed by atoms with van der Waals surface area (Å²) in [5.41, 5.74) is 1.40. The van der Waals surface area contributed by atoms with Crippen molar-refractivity contribution in [2.75, 3.05) is 0 Å². The van der Waals surface area contributed by atoms with Crippen LogP contribution < -0.4 is 0 Å². The molecule has 0 atom stereocenters. The third kappa shape index (κ3) is 1.40. The average molecular weight is 277 g/mol. The van der Waals surface area contributed by atoms with Gasteiger partial charge >= 0.3 is 0 Å². The van der Waals surface area contributed by atoms with Gasteiger partial charge in [0.15, 0.2) is 0 Å². The lowest BCUT2D eigenvalue weighted by molar-refractivity contribution is 1.55. The topological polar surface area (TPSA) is 0 Å². The van der Waals surface area contributed by atoms with E-state index in [9.17, 15) is 0 Å². The molecule has 74 valence electrons. The maximum absolute atomic E-state index is 3.55. The van der Waals surface area contributed by atoms with Crippen LogP contribution >= 0.6 is 27.3 Å². The van der Waals surface area contributed by atoms with Crippen LogP contribution in [0.2, 0.25) is 0 Å². The standard InChI is InChI=1S/C13H9BrS/c14-7-10-8-15-12-6-5-9-3-1-2-4-11(9)13(10)12/h1-6,8H,7H2. The molecule has 0 unspecified atom stereocenters. The normalized spacial score (nSPS) is 11.3. The molecule has 0 bridgehead atoms. The number of fused-ring (bicyclic) bond motifs is 3. The molecule has 0 amide bonds. The molecule has 0 saturated heterocycles. The van der Waals surface area contributed by atoms with Gasteiger partial charge in [-0.2, -0.15) is 0 Å². The number of hydrogen-bond acceptors (Lipinski definition) is 1. The number of alkyl halides is 1. The summed E-state index contributed by atoms with van der Waals surface area (Å²) in [5, 5.41) is 7.28. The molecule has 2 aromatic carbocycles. The molecule has 15 heavy (non-hydrogen) atoms. The SMILES string of the molecule is BrCc1csc2ccc3ccccc3c12. The molecule has 0 aliphatic rings. The first-order valence-corrected chi connectivity index (χ1v) is 6.84. The monoisotopic (exact) mass is 276 g/mol. The lowest BCUT2D eigenvalue weighted by Crippen LogP contribution is -1.76. The van der Waals surface area contributed by atoms with Crippen molar-refractivity contribution in [3.63, 3.8) is 0 Å². The number of halogens is 1. The van der Waals surface area contributed by atoms with Crippen molar-refractivity contribution >= 4 is 48.1 Å². The van der Waals surface area contributed by atoms with E-state index < -0.39 is 0 Å². The van der Waals surface area contributed by atoms with Crippen LogP contribution in [0.1, 0.15) is 5.56 Å². The van der Waals surface area contributed by atoms with E-state index in [1.807, 2.05) is 11.3 Å². The first-order chi connectivity index (χ1) is 7.40. The molecule has 0 aliphatic heterocycles. The van der Waals surface area contributed by atoms with Crippen LogP contribution in [-0.2, 0) is 5.33 Å². The van der Waals surface area contributed by atoms with Crippen molar-refractivity contribution in [3.05, 3.63) is 47.3 Å². The predicted molar refractivity (Wildman–Crippen MR) is 72.0 cm³/mol. The van der Waals surface area contributed by atoms with E-state index in [0.29, 0.717) is 0 Å². The highest BCUT2D eigenvalue weighted by atomic mass is 79.9. The molecule has 3 rings (SSSR count). The van der Waals surface area contributed by atoms with Gasteiger partial charge in [0.05, 0.1) is 0 Å². The first-order valence-electron chi connectivity index (χ1n) is 4.84. The molecule has 3 aromatic rings. The molecular weight excluding hydrogens is 268 g/mol. The summed E-state index contributed by atoms with van der Waals surface area (Å²) < 4.78 is 1.38. The quantitative estimate of drug-likeness (QED) is 0.552. The number of rotatable bonds is 1. The van der Waals surface area contributed by atoms with Crippen molar-refractivity contribution in [3.8, 4) is 0 Å². The lowest BCUT2D eigenvalue weighted by Gasteiger charge is -2.00. The van der Waals surface area contributed by atoms with Crippen LogP contribution in [0.5, 0.6) is 0 Å². The van der Waals surface area contributed by atoms with Crippen LogP contribution in [0, 0.1) is 0 Å². The molecule has 0 nitrogen and oxygen atoms in total. The van der Waals surface area contributed by atoms with E-state index in [1.165, 1.54) is 26.4 Å². The van der Waals surface area contributed by atoms with Crippen molar-refractivity contribution in [2.45, 2.75) is 5.33 Å². The van der Waals surface area contributed by atoms with Crippen LogP contribution in [0.25, 0.3) is 20.9 Å². The Bertz CT molecular complexity index is 625. The summed E-state index contributed by atoms with van der Waals surface area (Å²) >= 11 is 5.37. The molecule has 0 saturated carbocycles. The molecule has 2 heteroatoms. The van der Waals surface area contributed by atoms with E-state index in [1.54, 1.807) is 0 Å². The van der Waals surface area contributed by atoms with Gasteiger partial charge in [0.1, 0.15) is 0 Å². The van der Waals surface area contributed by atoms with Crippen molar-refractivity contribution in [1.82, 2.24) is 0 Å². The minimum Gasteiger partial charge on any atom is -0.143 e. The van der Waals surface area contributed by atoms with Gasteiger partial charge in [0, 0.05) is 15.4 Å². The smallest absolute Gasteiger partial charge is 0.0352 e. The van der Waals surface area contributed by atoms with Crippen molar-refractivity contribution < 1.29 is 0 Å². The van der Waals surface area contributed by atoms with E-state index in [-0.39, 0.29) is 0 Å². The van der Waals surface area contributed by atoms with Gasteiger partial charge in [-0.3, -0.25) is 0 Å². The van der Waals surface area contributed by atoms with Gasteiger partial charge < -0.3 is 0 Å². The Hall–Kier alpha value is -0.860. The Labute approximate surface area is 101 Å². The van der Waals surface area contributed by atoms with Crippen molar-refractivity contribution in [2.24, 2.45) is 0 Å². The third-order valence-corrected chi connectivity index (χ3v) is 4.28. The molecule has 1 heterocycles. The summed E-state index contributed by atoms with van der Waals surface area (Å²) in [6.07, 6.45) is 0. The van der Waals surface area contributed by atoms with E-state index in [2.05, 4.69) is 57.7 Å². The molecule has 0 fully saturated rings. The maximum Gasteiger partial charge on any atom is 0.0352 e. The highest BCUT2D eigenvalue weighted by Gasteiger charge is 2.06. The third-order valence-electron chi connectivity index (χ3n) is 2.68. The van der Waals surface area contributed by atoms with Crippen LogP contribution in [-0.4, -0.2) is 0 Å². The van der Waals surface area contributed by atoms with Gasteiger partial charge in [-0.1, -0.05) is 46.3 Å². The summed E-state index contributed by atoms with van der Waals surface area (Å²) in [7, 11) is 0.